The van der Waals surface area contributed by atoms with Crippen LogP contribution in [-0.4, -0.2) is 3.59 Å². The number of benzene rings is 1. The Hall–Kier alpha value is -0.760. The van der Waals surface area contributed by atoms with E-state index in [1.807, 2.05) is 9.79 Å². The Kier molecular flexibility index (Phi) is 1.93. The molecule has 0 unspecified atom stereocenters. The Morgan fingerprint density at radius 1 is 1.33 bits per heavy atom. The van der Waals surface area contributed by atoms with Crippen LogP contribution >= 0.6 is 16.1 Å². The van der Waals surface area contributed by atoms with Crippen molar-refractivity contribution in [1.29, 1.82) is 0 Å². The van der Waals surface area contributed by atoms with Crippen molar-refractivity contribution in [3.63, 3.8) is 0 Å². The van der Waals surface area contributed by atoms with Gasteiger partial charge in [0.1, 0.15) is 0 Å². The molecule has 0 amide bonds. The summed E-state index contributed by atoms with van der Waals surface area (Å²) in [7, 11) is 0. The molecule has 62 valence electrons. The third kappa shape index (κ3) is 1.07. The smallest absolute Gasteiger partial charge is 0.0623 e. The summed E-state index contributed by atoms with van der Waals surface area (Å²) in [6.07, 6.45) is 3.11. The van der Waals surface area contributed by atoms with Crippen molar-refractivity contribution < 1.29 is 0 Å². The molecule has 0 bridgehead atoms. The zero-order valence-corrected chi connectivity index (χ0v) is 8.51. The molecule has 0 aliphatic carbocycles. The number of hydrogen-bond donors (Lipinski definition) is 0. The zero-order valence-electron chi connectivity index (χ0n) is 6.92. The maximum atomic E-state index is 3.48. The van der Waals surface area contributed by atoms with Crippen LogP contribution in [0.25, 0.3) is 10.9 Å². The lowest BCUT2D eigenvalue weighted by molar-refractivity contribution is 1.14. The summed E-state index contributed by atoms with van der Waals surface area (Å²) < 4.78 is 2.00. The van der Waals surface area contributed by atoms with Crippen LogP contribution in [0, 0.1) is 0 Å². The Morgan fingerprint density at radius 3 is 2.92 bits per heavy atom. The molecule has 1 aromatic heterocycles. The molecule has 0 aliphatic heterocycles. The molecule has 0 saturated heterocycles. The number of halogens is 1. The summed E-state index contributed by atoms with van der Waals surface area (Å²) in [4.78, 5) is 0. The number of rotatable bonds is 1. The van der Waals surface area contributed by atoms with E-state index in [1.54, 1.807) is 0 Å². The predicted octanol–water partition coefficient (Wildman–Crippen LogP) is 3.36. The number of aryl methyl sites for hydroxylation is 1. The summed E-state index contributed by atoms with van der Waals surface area (Å²) in [5.74, 6) is 0. The van der Waals surface area contributed by atoms with E-state index >= 15 is 0 Å². The third-order valence-electron chi connectivity index (χ3n) is 2.13. The summed E-state index contributed by atoms with van der Waals surface area (Å²) in [6.45, 7) is 2.18. The molecule has 2 heteroatoms. The molecule has 0 atom stereocenters. The van der Waals surface area contributed by atoms with Crippen molar-refractivity contribution in [2.75, 3.05) is 0 Å². The van der Waals surface area contributed by atoms with Gasteiger partial charge in [0, 0.05) is 11.6 Å². The number of nitrogens with zero attached hydrogens (tertiary/aromatic N) is 1. The second-order valence-corrected chi connectivity index (χ2v) is 3.60. The first kappa shape index (κ1) is 7.87. The van der Waals surface area contributed by atoms with E-state index in [4.69, 9.17) is 0 Å². The molecule has 1 heterocycles. The van der Waals surface area contributed by atoms with E-state index < -0.39 is 0 Å². The van der Waals surface area contributed by atoms with E-state index in [0.717, 1.165) is 6.42 Å². The van der Waals surface area contributed by atoms with Crippen LogP contribution in [0.3, 0.4) is 0 Å². The summed E-state index contributed by atoms with van der Waals surface area (Å²) in [6, 6.07) is 8.52. The second kappa shape index (κ2) is 2.94. The fourth-order valence-electron chi connectivity index (χ4n) is 1.51. The van der Waals surface area contributed by atoms with E-state index in [9.17, 15) is 0 Å². The van der Waals surface area contributed by atoms with Crippen LogP contribution in [0.5, 0.6) is 0 Å². The van der Waals surface area contributed by atoms with E-state index in [-0.39, 0.29) is 0 Å². The van der Waals surface area contributed by atoms with Crippen molar-refractivity contribution in [2.24, 2.45) is 0 Å². The molecular formula is C10H10BrN. The zero-order chi connectivity index (χ0) is 8.55. The molecule has 0 fully saturated rings. The number of para-hydroxylation sites is 1. The van der Waals surface area contributed by atoms with Gasteiger partial charge >= 0.3 is 0 Å². The highest BCUT2D eigenvalue weighted by atomic mass is 79.9. The van der Waals surface area contributed by atoms with Gasteiger partial charge in [0.25, 0.3) is 0 Å². The van der Waals surface area contributed by atoms with Gasteiger partial charge in [-0.25, -0.2) is 0 Å². The number of aromatic nitrogens is 1. The minimum absolute atomic E-state index is 1.08. The minimum Gasteiger partial charge on any atom is -0.283 e. The van der Waals surface area contributed by atoms with Crippen molar-refractivity contribution in [3.8, 4) is 0 Å². The van der Waals surface area contributed by atoms with Gasteiger partial charge in [0.05, 0.1) is 21.7 Å². The van der Waals surface area contributed by atoms with Gasteiger partial charge in [0.15, 0.2) is 0 Å². The molecule has 0 N–H and O–H groups in total. The first-order valence-electron chi connectivity index (χ1n) is 4.08. The minimum atomic E-state index is 1.08. The SMILES string of the molecule is CCc1cccc2ccn(Br)c12. The lowest BCUT2D eigenvalue weighted by Gasteiger charge is -2.00. The number of hydrogen-bond acceptors (Lipinski definition) is 0. The predicted molar refractivity (Wildman–Crippen MR) is 55.6 cm³/mol. The Labute approximate surface area is 80.3 Å². The van der Waals surface area contributed by atoms with Crippen LogP contribution in [0.15, 0.2) is 30.5 Å². The lowest BCUT2D eigenvalue weighted by Crippen LogP contribution is -1.84. The van der Waals surface area contributed by atoms with Gasteiger partial charge in [-0.3, -0.25) is 3.59 Å². The quantitative estimate of drug-likeness (QED) is 0.699. The van der Waals surface area contributed by atoms with E-state index in [1.165, 1.54) is 16.5 Å². The molecule has 1 nitrogen and oxygen atoms in total. The van der Waals surface area contributed by atoms with Gasteiger partial charge < -0.3 is 0 Å². The van der Waals surface area contributed by atoms with Gasteiger partial charge in [-0.05, 0) is 18.1 Å². The van der Waals surface area contributed by atoms with Gasteiger partial charge in [-0.1, -0.05) is 25.1 Å². The Bertz CT molecular complexity index is 403. The van der Waals surface area contributed by atoms with Crippen molar-refractivity contribution in [3.05, 3.63) is 36.0 Å². The Balaban J connectivity index is 2.84. The number of fused-ring (bicyclic) bond motifs is 1. The fraction of sp³-hybridized carbons (Fsp3) is 0.200. The fourth-order valence-corrected chi connectivity index (χ4v) is 2.06. The largest absolute Gasteiger partial charge is 0.283 e. The molecule has 0 radical (unpaired) electrons. The van der Waals surface area contributed by atoms with Crippen LogP contribution in [0.1, 0.15) is 12.5 Å². The van der Waals surface area contributed by atoms with Crippen LogP contribution in [-0.2, 0) is 6.42 Å². The lowest BCUT2D eigenvalue weighted by atomic mass is 10.1. The topological polar surface area (TPSA) is 4.93 Å². The van der Waals surface area contributed by atoms with Crippen molar-refractivity contribution >= 4 is 27.1 Å². The standard InChI is InChI=1S/C10H10BrN/c1-2-8-4-3-5-9-6-7-12(11)10(8)9/h3-7H,2H2,1H3. The average molecular weight is 224 g/mol. The second-order valence-electron chi connectivity index (χ2n) is 2.84. The van der Waals surface area contributed by atoms with Gasteiger partial charge in [-0.15, -0.1) is 0 Å². The molecule has 0 aliphatic rings. The normalized spacial score (nSPS) is 10.8. The van der Waals surface area contributed by atoms with Crippen LogP contribution in [0.4, 0.5) is 0 Å². The van der Waals surface area contributed by atoms with Crippen LogP contribution < -0.4 is 0 Å². The first-order chi connectivity index (χ1) is 5.83. The molecule has 0 saturated carbocycles. The molecule has 2 aromatic rings. The molecule has 0 spiro atoms. The van der Waals surface area contributed by atoms with Crippen LogP contribution in [0.2, 0.25) is 0 Å². The molecular weight excluding hydrogens is 214 g/mol. The average Bonchev–Trinajstić information content (AvgIpc) is 2.48. The van der Waals surface area contributed by atoms with Crippen molar-refractivity contribution in [2.45, 2.75) is 13.3 Å². The van der Waals surface area contributed by atoms with Gasteiger partial charge in [0.2, 0.25) is 0 Å². The first-order valence-corrected chi connectivity index (χ1v) is 4.79. The highest BCUT2D eigenvalue weighted by Crippen LogP contribution is 2.22. The molecule has 1 aromatic carbocycles. The summed E-state index contributed by atoms with van der Waals surface area (Å²) >= 11 is 3.48. The highest BCUT2D eigenvalue weighted by molar-refractivity contribution is 9.08. The molecule has 2 rings (SSSR count). The molecule has 12 heavy (non-hydrogen) atoms. The highest BCUT2D eigenvalue weighted by Gasteiger charge is 2.02. The maximum absolute atomic E-state index is 3.48. The maximum Gasteiger partial charge on any atom is 0.0623 e. The summed E-state index contributed by atoms with van der Waals surface area (Å²) in [5.41, 5.74) is 2.68. The monoisotopic (exact) mass is 223 g/mol. The van der Waals surface area contributed by atoms with Gasteiger partial charge in [-0.2, -0.15) is 0 Å². The Morgan fingerprint density at radius 2 is 2.17 bits per heavy atom. The summed E-state index contributed by atoms with van der Waals surface area (Å²) in [5, 5.41) is 1.30. The van der Waals surface area contributed by atoms with E-state index in [2.05, 4.69) is 47.3 Å². The van der Waals surface area contributed by atoms with E-state index in [0.29, 0.717) is 0 Å². The van der Waals surface area contributed by atoms with Crippen molar-refractivity contribution in [1.82, 2.24) is 3.59 Å². The third-order valence-corrected chi connectivity index (χ3v) is 2.72.